The zero-order valence-electron chi connectivity index (χ0n) is 32.3. The van der Waals surface area contributed by atoms with Gasteiger partial charge in [0, 0.05) is 0 Å². The molecule has 0 saturated heterocycles. The van der Waals surface area contributed by atoms with Gasteiger partial charge in [-0.25, -0.2) is 0 Å². The molecule has 48 heavy (non-hydrogen) atoms. The maximum atomic E-state index is 2.62. The maximum Gasteiger partial charge on any atom is -0.00183 e. The molecule has 4 aromatic carbocycles. The first-order valence-electron chi connectivity index (χ1n) is 21.5. The van der Waals surface area contributed by atoms with Crippen LogP contribution in [0.5, 0.6) is 0 Å². The Kier molecular flexibility index (Phi) is 18.2. The summed E-state index contributed by atoms with van der Waals surface area (Å²) in [6.45, 7) is 9.38. The van der Waals surface area contributed by atoms with Gasteiger partial charge < -0.3 is 0 Å². The van der Waals surface area contributed by atoms with Gasteiger partial charge in [-0.2, -0.15) is 0 Å². The molecule has 0 heteroatoms. The molecule has 0 heterocycles. The normalized spacial score (nSPS) is 12.0. The molecule has 0 atom stereocenters. The third kappa shape index (κ3) is 11.2. The average molecular weight is 651 g/mol. The van der Waals surface area contributed by atoms with Crippen molar-refractivity contribution in [2.75, 3.05) is 0 Å². The summed E-state index contributed by atoms with van der Waals surface area (Å²) >= 11 is 0. The van der Waals surface area contributed by atoms with Crippen molar-refractivity contribution in [1.29, 1.82) is 0 Å². The molecular weight excluding hydrogens is 577 g/mol. The van der Waals surface area contributed by atoms with E-state index >= 15 is 0 Å². The lowest BCUT2D eigenvalue weighted by Gasteiger charge is -2.25. The highest BCUT2D eigenvalue weighted by Gasteiger charge is 2.22. The van der Waals surface area contributed by atoms with E-state index in [1.54, 1.807) is 43.8 Å². The maximum absolute atomic E-state index is 2.62. The predicted molar refractivity (Wildman–Crippen MR) is 218 cm³/mol. The summed E-state index contributed by atoms with van der Waals surface area (Å²) in [4.78, 5) is 0. The lowest BCUT2D eigenvalue weighted by atomic mass is 9.79. The molecule has 0 bridgehead atoms. The van der Waals surface area contributed by atoms with Gasteiger partial charge in [0.1, 0.15) is 0 Å². The second-order valence-electron chi connectivity index (χ2n) is 15.5. The van der Waals surface area contributed by atoms with Crippen molar-refractivity contribution in [1.82, 2.24) is 0 Å². The molecule has 0 unspecified atom stereocenters. The van der Waals surface area contributed by atoms with Gasteiger partial charge in [0.25, 0.3) is 0 Å². The van der Waals surface area contributed by atoms with Gasteiger partial charge in [0.05, 0.1) is 0 Å². The Morgan fingerprint density at radius 3 is 1.33 bits per heavy atom. The van der Waals surface area contributed by atoms with Crippen LogP contribution in [0, 0.1) is 0 Å². The summed E-state index contributed by atoms with van der Waals surface area (Å²) in [5.74, 6) is 0. The van der Waals surface area contributed by atoms with Gasteiger partial charge in [-0.3, -0.25) is 0 Å². The molecule has 0 radical (unpaired) electrons. The fraction of sp³-hybridized carbons (Fsp3) is 0.667. The molecule has 0 saturated carbocycles. The van der Waals surface area contributed by atoms with Crippen molar-refractivity contribution in [3.63, 3.8) is 0 Å². The van der Waals surface area contributed by atoms with Crippen LogP contribution < -0.4 is 0 Å². The number of hydrogen-bond donors (Lipinski definition) is 0. The van der Waals surface area contributed by atoms with Crippen molar-refractivity contribution in [2.45, 2.75) is 207 Å². The molecule has 0 amide bonds. The molecule has 0 aliphatic rings. The van der Waals surface area contributed by atoms with Crippen LogP contribution in [0.3, 0.4) is 0 Å². The Bertz CT molecular complexity index is 1420. The molecular formula is C48H74. The molecule has 0 nitrogen and oxygen atoms in total. The molecule has 0 fully saturated rings. The first-order valence-corrected chi connectivity index (χ1v) is 21.5. The van der Waals surface area contributed by atoms with E-state index in [1.807, 2.05) is 0 Å². The molecule has 0 aliphatic heterocycles. The van der Waals surface area contributed by atoms with Crippen molar-refractivity contribution in [3.05, 3.63) is 58.7 Å². The van der Waals surface area contributed by atoms with Gasteiger partial charge in [-0.1, -0.05) is 193 Å². The molecule has 0 aromatic heterocycles. The first kappa shape index (κ1) is 38.7. The van der Waals surface area contributed by atoms with Crippen LogP contribution in [0.2, 0.25) is 0 Å². The number of rotatable bonds is 28. The van der Waals surface area contributed by atoms with Crippen molar-refractivity contribution >= 4 is 32.3 Å². The topological polar surface area (TPSA) is 0 Å². The van der Waals surface area contributed by atoms with Gasteiger partial charge in [-0.05, 0) is 106 Å². The standard InChI is InChI=1S/C48H74/c1-5-9-13-17-18-19-20-21-22-23-24-28-34-43-42(33-26-15-11-7-3)44(35-27-16-12-8-4)47-41(30-25-14-10-6-2)38-40-32-29-31-39-36-37-45(43)48(47)46(39)40/h29,31-32,36-38H,5-28,30,33-35H2,1-4H3. The summed E-state index contributed by atoms with van der Waals surface area (Å²) in [5, 5.41) is 9.38. The van der Waals surface area contributed by atoms with Gasteiger partial charge in [0.2, 0.25) is 0 Å². The Balaban J connectivity index is 1.65. The van der Waals surface area contributed by atoms with Crippen LogP contribution in [0.4, 0.5) is 0 Å². The van der Waals surface area contributed by atoms with Gasteiger partial charge in [0.15, 0.2) is 0 Å². The number of benzene rings is 4. The van der Waals surface area contributed by atoms with Crippen molar-refractivity contribution in [2.24, 2.45) is 0 Å². The quantitative estimate of drug-likeness (QED) is 0.0424. The molecule has 0 aliphatic carbocycles. The van der Waals surface area contributed by atoms with Crippen LogP contribution in [0.15, 0.2) is 36.4 Å². The SMILES string of the molecule is CCCCCCCCCCCCCCc1c(CCCCCC)c(CCCCCC)c2c(CCCCCC)cc3cccc4ccc1c2c43. The van der Waals surface area contributed by atoms with E-state index in [0.717, 1.165) is 0 Å². The summed E-state index contributed by atoms with van der Waals surface area (Å²) in [5.41, 5.74) is 6.95. The third-order valence-corrected chi connectivity index (χ3v) is 11.5. The lowest BCUT2D eigenvalue weighted by Crippen LogP contribution is -2.07. The van der Waals surface area contributed by atoms with Crippen LogP contribution in [-0.2, 0) is 25.7 Å². The van der Waals surface area contributed by atoms with Gasteiger partial charge >= 0.3 is 0 Å². The number of unbranched alkanes of at least 4 members (excludes halogenated alkanes) is 20. The van der Waals surface area contributed by atoms with E-state index in [0.29, 0.717) is 0 Å². The Hall–Kier alpha value is -2.08. The van der Waals surface area contributed by atoms with Crippen LogP contribution in [-0.4, -0.2) is 0 Å². The van der Waals surface area contributed by atoms with Crippen LogP contribution in [0.1, 0.15) is 204 Å². The Labute approximate surface area is 297 Å². The second-order valence-corrected chi connectivity index (χ2v) is 15.5. The summed E-state index contributed by atoms with van der Waals surface area (Å²) in [7, 11) is 0. The third-order valence-electron chi connectivity index (χ3n) is 11.5. The van der Waals surface area contributed by atoms with Gasteiger partial charge in [-0.15, -0.1) is 0 Å². The minimum absolute atomic E-state index is 1.23. The van der Waals surface area contributed by atoms with E-state index < -0.39 is 0 Å². The monoisotopic (exact) mass is 651 g/mol. The van der Waals surface area contributed by atoms with Crippen LogP contribution >= 0.6 is 0 Å². The van der Waals surface area contributed by atoms with E-state index in [2.05, 4.69) is 64.1 Å². The van der Waals surface area contributed by atoms with E-state index in [4.69, 9.17) is 0 Å². The first-order chi connectivity index (χ1) is 23.7. The Morgan fingerprint density at radius 2 is 0.771 bits per heavy atom. The minimum atomic E-state index is 1.23. The molecule has 0 spiro atoms. The molecule has 4 rings (SSSR count). The predicted octanol–water partition coefficient (Wildman–Crippen LogP) is 16.2. The van der Waals surface area contributed by atoms with E-state index in [-0.39, 0.29) is 0 Å². The van der Waals surface area contributed by atoms with Crippen molar-refractivity contribution in [3.8, 4) is 0 Å². The average Bonchev–Trinajstić information content (AvgIpc) is 3.10. The summed E-state index contributed by atoms with van der Waals surface area (Å²) in [6.07, 6.45) is 38.3. The molecule has 266 valence electrons. The fourth-order valence-corrected chi connectivity index (χ4v) is 8.70. The zero-order valence-corrected chi connectivity index (χ0v) is 32.3. The highest BCUT2D eigenvalue weighted by atomic mass is 14.3. The lowest BCUT2D eigenvalue weighted by molar-refractivity contribution is 0.544. The van der Waals surface area contributed by atoms with Crippen LogP contribution in [0.25, 0.3) is 32.3 Å². The smallest absolute Gasteiger partial charge is 0.00183 e. The number of hydrogen-bond acceptors (Lipinski definition) is 0. The highest BCUT2D eigenvalue weighted by Crippen LogP contribution is 2.43. The minimum Gasteiger partial charge on any atom is -0.0654 e. The molecule has 4 aromatic rings. The Morgan fingerprint density at radius 1 is 0.333 bits per heavy atom. The largest absolute Gasteiger partial charge is 0.0654 e. The van der Waals surface area contributed by atoms with Crippen molar-refractivity contribution < 1.29 is 0 Å². The number of aryl methyl sites for hydroxylation is 3. The second kappa shape index (κ2) is 22.6. The zero-order chi connectivity index (χ0) is 33.8. The summed E-state index contributed by atoms with van der Waals surface area (Å²) in [6, 6.07) is 14.7. The van der Waals surface area contributed by atoms with E-state index in [9.17, 15) is 0 Å². The van der Waals surface area contributed by atoms with E-state index in [1.165, 1.54) is 191 Å². The fourth-order valence-electron chi connectivity index (χ4n) is 8.70. The summed E-state index contributed by atoms with van der Waals surface area (Å²) < 4.78 is 0. The molecule has 0 N–H and O–H groups in total. The highest BCUT2D eigenvalue weighted by molar-refractivity contribution is 6.25.